The zero-order valence-corrected chi connectivity index (χ0v) is 12.0. The molecule has 2 rings (SSSR count). The number of aryl methyl sites for hydroxylation is 1. The molecule has 2 aromatic carbocycles. The molecule has 1 N–H and O–H groups in total. The van der Waals surface area contributed by atoms with Gasteiger partial charge in [0.1, 0.15) is 0 Å². The van der Waals surface area contributed by atoms with Gasteiger partial charge in [0.25, 0.3) is 0 Å². The zero-order chi connectivity index (χ0) is 13.8. The van der Waals surface area contributed by atoms with Crippen molar-refractivity contribution in [3.63, 3.8) is 0 Å². The molecule has 0 fully saturated rings. The van der Waals surface area contributed by atoms with Gasteiger partial charge in [0.2, 0.25) is 0 Å². The predicted molar refractivity (Wildman–Crippen MR) is 79.4 cm³/mol. The molecule has 0 amide bonds. The minimum absolute atomic E-state index is 0.729. The van der Waals surface area contributed by atoms with Crippen LogP contribution in [-0.4, -0.2) is 11.1 Å². The van der Waals surface area contributed by atoms with E-state index < -0.39 is 12.0 Å². The molecule has 19 heavy (non-hydrogen) atoms. The van der Waals surface area contributed by atoms with E-state index in [4.69, 9.17) is 0 Å². The van der Waals surface area contributed by atoms with E-state index in [9.17, 15) is 9.90 Å². The van der Waals surface area contributed by atoms with Crippen LogP contribution >= 0.6 is 16.1 Å². The van der Waals surface area contributed by atoms with Gasteiger partial charge in [-0.05, 0) is 24.6 Å². The Hall–Kier alpha value is -1.81. The highest BCUT2D eigenvalue weighted by atomic mass is 79.9. The quantitative estimate of drug-likeness (QED) is 0.868. The lowest BCUT2D eigenvalue weighted by atomic mass is 10.1. The van der Waals surface area contributed by atoms with Crippen LogP contribution in [0.3, 0.4) is 0 Å². The summed E-state index contributed by atoms with van der Waals surface area (Å²) in [5.74, 6) is -0.899. The number of benzene rings is 2. The number of hydrogen-bond donors (Lipinski definition) is 1. The summed E-state index contributed by atoms with van der Waals surface area (Å²) in [6, 6.07) is 16.1. The van der Waals surface area contributed by atoms with Crippen molar-refractivity contribution in [2.75, 3.05) is 3.93 Å². The SMILES string of the molecule is Cc1ccc(N(Br)C(C(=O)O)c2ccccc2)cc1. The highest BCUT2D eigenvalue weighted by Gasteiger charge is 2.26. The molecule has 2 aromatic rings. The smallest absolute Gasteiger partial charge is 0.331 e. The summed E-state index contributed by atoms with van der Waals surface area (Å²) in [6.07, 6.45) is 0. The fraction of sp³-hybridized carbons (Fsp3) is 0.133. The molecule has 0 spiro atoms. The van der Waals surface area contributed by atoms with E-state index in [-0.39, 0.29) is 0 Å². The fourth-order valence-electron chi connectivity index (χ4n) is 1.84. The van der Waals surface area contributed by atoms with Gasteiger partial charge in [0.15, 0.2) is 6.04 Å². The summed E-state index contributed by atoms with van der Waals surface area (Å²) in [5.41, 5.74) is 2.67. The van der Waals surface area contributed by atoms with E-state index in [1.165, 1.54) is 0 Å². The zero-order valence-electron chi connectivity index (χ0n) is 10.5. The normalized spacial score (nSPS) is 11.9. The third-order valence-corrected chi connectivity index (χ3v) is 3.68. The minimum atomic E-state index is -0.899. The predicted octanol–water partition coefficient (Wildman–Crippen LogP) is 3.94. The molecule has 1 unspecified atom stereocenters. The van der Waals surface area contributed by atoms with Gasteiger partial charge in [0, 0.05) is 5.69 Å². The average molecular weight is 320 g/mol. The Morgan fingerprint density at radius 1 is 1.11 bits per heavy atom. The highest BCUT2D eigenvalue weighted by molar-refractivity contribution is 9.10. The van der Waals surface area contributed by atoms with Crippen LogP contribution < -0.4 is 3.93 Å². The topological polar surface area (TPSA) is 40.5 Å². The summed E-state index contributed by atoms with van der Waals surface area (Å²) in [7, 11) is 0. The van der Waals surface area contributed by atoms with Crippen molar-refractivity contribution < 1.29 is 9.90 Å². The van der Waals surface area contributed by atoms with Gasteiger partial charge < -0.3 is 5.11 Å². The maximum absolute atomic E-state index is 11.5. The third kappa shape index (κ3) is 3.15. The first-order chi connectivity index (χ1) is 9.09. The van der Waals surface area contributed by atoms with Crippen molar-refractivity contribution >= 4 is 27.8 Å². The average Bonchev–Trinajstić information content (AvgIpc) is 2.40. The highest BCUT2D eigenvalue weighted by Crippen LogP contribution is 2.30. The second kappa shape index (κ2) is 5.89. The Labute approximate surface area is 120 Å². The number of nitrogens with zero attached hydrogens (tertiary/aromatic N) is 1. The number of carbonyl (C=O) groups is 1. The molecular weight excluding hydrogens is 306 g/mol. The molecule has 4 heteroatoms. The first-order valence-corrected chi connectivity index (χ1v) is 6.60. The molecule has 0 saturated carbocycles. The first kappa shape index (κ1) is 13.6. The molecule has 0 radical (unpaired) electrons. The van der Waals surface area contributed by atoms with Crippen LogP contribution in [0.1, 0.15) is 17.2 Å². The van der Waals surface area contributed by atoms with Crippen molar-refractivity contribution in [2.24, 2.45) is 0 Å². The fourth-order valence-corrected chi connectivity index (χ4v) is 2.49. The van der Waals surface area contributed by atoms with Crippen LogP contribution in [0.4, 0.5) is 5.69 Å². The molecule has 0 heterocycles. The van der Waals surface area contributed by atoms with Gasteiger partial charge in [-0.25, -0.2) is 4.79 Å². The van der Waals surface area contributed by atoms with Gasteiger partial charge in [-0.2, -0.15) is 0 Å². The van der Waals surface area contributed by atoms with Gasteiger partial charge in [0.05, 0.1) is 16.1 Å². The van der Waals surface area contributed by atoms with Gasteiger partial charge in [-0.1, -0.05) is 48.0 Å². The van der Waals surface area contributed by atoms with Crippen molar-refractivity contribution in [1.82, 2.24) is 0 Å². The number of anilines is 1. The number of halogens is 1. The second-order valence-electron chi connectivity index (χ2n) is 4.30. The third-order valence-electron chi connectivity index (χ3n) is 2.86. The Kier molecular flexibility index (Phi) is 4.22. The lowest BCUT2D eigenvalue weighted by Gasteiger charge is -2.24. The maximum Gasteiger partial charge on any atom is 0.331 e. The second-order valence-corrected chi connectivity index (χ2v) is 5.06. The first-order valence-electron chi connectivity index (χ1n) is 5.89. The molecular formula is C15H14BrNO2. The van der Waals surface area contributed by atoms with E-state index in [1.54, 1.807) is 16.1 Å². The van der Waals surface area contributed by atoms with Crippen molar-refractivity contribution in [3.8, 4) is 0 Å². The van der Waals surface area contributed by atoms with E-state index in [0.29, 0.717) is 0 Å². The summed E-state index contributed by atoms with van der Waals surface area (Å²) < 4.78 is 1.59. The van der Waals surface area contributed by atoms with E-state index in [0.717, 1.165) is 16.8 Å². The molecule has 0 bridgehead atoms. The summed E-state index contributed by atoms with van der Waals surface area (Å²) in [4.78, 5) is 11.5. The van der Waals surface area contributed by atoms with Gasteiger partial charge >= 0.3 is 5.97 Å². The van der Waals surface area contributed by atoms with Gasteiger partial charge in [-0.15, -0.1) is 0 Å². The monoisotopic (exact) mass is 319 g/mol. The van der Waals surface area contributed by atoms with Crippen molar-refractivity contribution in [3.05, 3.63) is 65.7 Å². The minimum Gasteiger partial charge on any atom is -0.479 e. The summed E-state index contributed by atoms with van der Waals surface area (Å²) in [5, 5.41) is 9.44. The summed E-state index contributed by atoms with van der Waals surface area (Å²) in [6.45, 7) is 1.99. The van der Waals surface area contributed by atoms with Gasteiger partial charge in [-0.3, -0.25) is 3.93 Å². The van der Waals surface area contributed by atoms with E-state index >= 15 is 0 Å². The van der Waals surface area contributed by atoms with Crippen molar-refractivity contribution in [2.45, 2.75) is 13.0 Å². The largest absolute Gasteiger partial charge is 0.479 e. The number of carboxylic acids is 1. The molecule has 98 valence electrons. The van der Waals surface area contributed by atoms with Crippen LogP contribution in [0.5, 0.6) is 0 Å². The Balaban J connectivity index is 2.35. The standard InChI is InChI=1S/C15H14BrNO2/c1-11-7-9-13(10-8-11)17(16)14(15(18)19)12-5-3-2-4-6-12/h2-10,14H,1H3,(H,18,19). The number of aliphatic carboxylic acids is 1. The molecule has 3 nitrogen and oxygen atoms in total. The van der Waals surface area contributed by atoms with Crippen LogP contribution in [-0.2, 0) is 4.79 Å². The molecule has 0 aromatic heterocycles. The number of rotatable bonds is 4. The number of carboxylic acid groups (broad SMARTS) is 1. The Morgan fingerprint density at radius 3 is 2.21 bits per heavy atom. The van der Waals surface area contributed by atoms with Crippen LogP contribution in [0, 0.1) is 6.92 Å². The van der Waals surface area contributed by atoms with E-state index in [2.05, 4.69) is 16.1 Å². The lowest BCUT2D eigenvalue weighted by Crippen LogP contribution is -2.26. The molecule has 0 saturated heterocycles. The Morgan fingerprint density at radius 2 is 1.68 bits per heavy atom. The maximum atomic E-state index is 11.5. The Bertz CT molecular complexity index is 554. The molecule has 1 atom stereocenters. The van der Waals surface area contributed by atoms with Crippen LogP contribution in [0.15, 0.2) is 54.6 Å². The van der Waals surface area contributed by atoms with Crippen LogP contribution in [0.2, 0.25) is 0 Å². The number of hydrogen-bond acceptors (Lipinski definition) is 2. The lowest BCUT2D eigenvalue weighted by molar-refractivity contribution is -0.138. The van der Waals surface area contributed by atoms with E-state index in [1.807, 2.05) is 49.4 Å². The molecule has 0 aliphatic rings. The van der Waals surface area contributed by atoms with Crippen LogP contribution in [0.25, 0.3) is 0 Å². The molecule has 0 aliphatic carbocycles. The van der Waals surface area contributed by atoms with Crippen molar-refractivity contribution in [1.29, 1.82) is 0 Å². The molecule has 0 aliphatic heterocycles. The summed E-state index contributed by atoms with van der Waals surface area (Å²) >= 11 is 3.37.